The van der Waals surface area contributed by atoms with E-state index in [-0.39, 0.29) is 47.2 Å². The third-order valence-corrected chi connectivity index (χ3v) is 5.33. The van der Waals surface area contributed by atoms with Crippen LogP contribution < -0.4 is 20.7 Å². The normalized spacial score (nSPS) is 13.3. The molecule has 2 aromatic heterocycles. The zero-order valence-corrected chi connectivity index (χ0v) is 19.4. The number of ether oxygens (including phenoxy) is 1. The number of methoxy groups -OCH3 is 1. The Kier molecular flexibility index (Phi) is 4.77. The minimum absolute atomic E-state index is 0.0172. The summed E-state index contributed by atoms with van der Waals surface area (Å²) >= 11 is 0. The minimum atomic E-state index is -0.363. The summed E-state index contributed by atoms with van der Waals surface area (Å²) in [6.07, 6.45) is 1.54. The molecule has 0 saturated heterocycles. The van der Waals surface area contributed by atoms with Crippen molar-refractivity contribution in [2.24, 2.45) is 7.05 Å². The number of aryl methyl sites for hydroxylation is 1. The smallest absolute Gasteiger partial charge is 0.227 e. The molecule has 0 unspecified atom stereocenters. The predicted molar refractivity (Wildman–Crippen MR) is 136 cm³/mol. The van der Waals surface area contributed by atoms with Gasteiger partial charge in [0.15, 0.2) is 0 Å². The van der Waals surface area contributed by atoms with E-state index in [0.29, 0.717) is 28.4 Å². The Morgan fingerprint density at radius 1 is 1.18 bits per heavy atom. The second kappa shape index (κ2) is 9.38. The van der Waals surface area contributed by atoms with E-state index in [4.69, 9.17) is 17.3 Å². The second-order valence-corrected chi connectivity index (χ2v) is 8.00. The average Bonchev–Trinajstić information content (AvgIpc) is 3.15. The molecule has 0 aliphatic carbocycles. The topological polar surface area (TPSA) is 84.5 Å². The van der Waals surface area contributed by atoms with E-state index in [1.54, 1.807) is 26.3 Å². The van der Waals surface area contributed by atoms with Gasteiger partial charge in [0.25, 0.3) is 0 Å². The van der Waals surface area contributed by atoms with Gasteiger partial charge in [0.05, 0.1) is 36.7 Å². The van der Waals surface area contributed by atoms with Gasteiger partial charge < -0.3 is 30.2 Å². The Balaban J connectivity index is 1.75. The van der Waals surface area contributed by atoms with Gasteiger partial charge in [-0.1, -0.05) is 18.1 Å². The van der Waals surface area contributed by atoms with Crippen LogP contribution in [0.25, 0.3) is 22.2 Å². The maximum absolute atomic E-state index is 8.65. The molecule has 0 atom stereocenters. The van der Waals surface area contributed by atoms with Gasteiger partial charge in [-0.25, -0.2) is 9.97 Å². The number of nitrogen functional groups attached to an aromatic ring is 1. The van der Waals surface area contributed by atoms with Crippen LogP contribution in [0.4, 0.5) is 23.0 Å². The van der Waals surface area contributed by atoms with Crippen molar-refractivity contribution in [2.75, 3.05) is 57.3 Å². The highest BCUT2D eigenvalue weighted by Crippen LogP contribution is 2.36. The molecule has 2 aromatic carbocycles. The Morgan fingerprint density at radius 3 is 2.73 bits per heavy atom. The number of nitrogens with one attached hydrogen (secondary N) is 1. The molecular weight excluding hydrogens is 414 g/mol. The Morgan fingerprint density at radius 2 is 1.97 bits per heavy atom. The number of aromatic nitrogens is 3. The summed E-state index contributed by atoms with van der Waals surface area (Å²) in [5.74, 6) is 0.756. The lowest BCUT2D eigenvalue weighted by Gasteiger charge is -2.24. The molecular formula is C25H31N7O. The molecule has 0 aliphatic rings. The summed E-state index contributed by atoms with van der Waals surface area (Å²) in [5.41, 5.74) is 9.19. The van der Waals surface area contributed by atoms with Gasteiger partial charge in [0, 0.05) is 62.1 Å². The van der Waals surface area contributed by atoms with E-state index in [9.17, 15) is 0 Å². The lowest BCUT2D eigenvalue weighted by molar-refractivity contribution is 0.413. The molecule has 2 heterocycles. The molecule has 3 N–H and O–H groups in total. The first kappa shape index (κ1) is 16.8. The number of anilines is 4. The molecule has 0 radical (unpaired) electrons. The van der Waals surface area contributed by atoms with E-state index in [1.165, 1.54) is 10.8 Å². The second-order valence-electron chi connectivity index (χ2n) is 8.00. The van der Waals surface area contributed by atoms with Crippen molar-refractivity contribution in [1.82, 2.24) is 19.4 Å². The summed E-state index contributed by atoms with van der Waals surface area (Å²) in [4.78, 5) is 13.0. The Hall–Kier alpha value is -3.78. The maximum Gasteiger partial charge on any atom is 0.227 e. The number of likely N-dealkylation sites (N-methyl/N-ethyl adjacent to an activating group) is 2. The van der Waals surface area contributed by atoms with Crippen LogP contribution in [0.3, 0.4) is 0 Å². The highest BCUT2D eigenvalue weighted by molar-refractivity contribution is 5.95. The van der Waals surface area contributed by atoms with E-state index in [0.717, 1.165) is 18.8 Å². The number of fused-ring (bicyclic) bond motifs is 1. The van der Waals surface area contributed by atoms with Crippen LogP contribution in [0.5, 0.6) is 5.75 Å². The average molecular weight is 451 g/mol. The minimum Gasteiger partial charge on any atom is -0.494 e. The number of rotatable bonds is 8. The summed E-state index contributed by atoms with van der Waals surface area (Å²) in [7, 11) is 9.14. The van der Waals surface area contributed by atoms with Crippen molar-refractivity contribution in [3.63, 3.8) is 0 Å². The zero-order chi connectivity index (χ0) is 27.9. The van der Waals surface area contributed by atoms with Gasteiger partial charge in [0.1, 0.15) is 5.75 Å². The Bertz CT molecular complexity index is 1520. The van der Waals surface area contributed by atoms with Gasteiger partial charge >= 0.3 is 0 Å². The number of nitrogens with zero attached hydrogens (tertiary/aromatic N) is 5. The lowest BCUT2D eigenvalue weighted by Crippen LogP contribution is -2.29. The van der Waals surface area contributed by atoms with Gasteiger partial charge in [-0.05, 0) is 32.3 Å². The van der Waals surface area contributed by atoms with Crippen molar-refractivity contribution in [2.45, 2.75) is 0 Å². The number of para-hydroxylation sites is 1. The lowest BCUT2D eigenvalue weighted by atomic mass is 10.1. The third-order valence-electron chi connectivity index (χ3n) is 5.33. The van der Waals surface area contributed by atoms with Gasteiger partial charge in [-0.3, -0.25) is 0 Å². The SMILES string of the molecule is [2H]c1c([2H])c([2H])c2c(c1[2H])c(-c1ccnc(Nc3cc(N)c(N(C)CCN(C)C)cc3OC)n1)c([2H])n2C. The van der Waals surface area contributed by atoms with Crippen LogP contribution in [-0.2, 0) is 7.05 Å². The van der Waals surface area contributed by atoms with E-state index >= 15 is 0 Å². The summed E-state index contributed by atoms with van der Waals surface area (Å²) in [6.45, 7) is 1.64. The molecule has 4 rings (SSSR count). The van der Waals surface area contributed by atoms with E-state index in [2.05, 4.69) is 25.1 Å². The van der Waals surface area contributed by atoms with Gasteiger partial charge in [-0.2, -0.15) is 0 Å². The molecule has 4 aromatic rings. The number of benzene rings is 2. The predicted octanol–water partition coefficient (Wildman–Crippen LogP) is 3.97. The number of hydrogen-bond acceptors (Lipinski definition) is 7. The number of nitrogens with two attached hydrogens (primary N) is 1. The number of hydrogen-bond donors (Lipinski definition) is 2. The molecule has 0 spiro atoms. The largest absolute Gasteiger partial charge is 0.494 e. The standard InChI is InChI=1S/C25H31N7O/c1-30(2)12-13-31(3)23-15-24(33-5)21(14-19(23)26)29-25-27-11-10-20(28-25)18-16-32(4)22-9-7-6-8-17(18)22/h6-11,14-16H,12-13,26H2,1-5H3,(H,27,28,29)/i6D,7D,8D,9D,16D. The molecule has 8 nitrogen and oxygen atoms in total. The molecule has 0 bridgehead atoms. The fourth-order valence-electron chi connectivity index (χ4n) is 3.54. The van der Waals surface area contributed by atoms with Crippen LogP contribution in [0, 0.1) is 0 Å². The van der Waals surface area contributed by atoms with Crippen molar-refractivity contribution >= 4 is 33.9 Å². The summed E-state index contributed by atoms with van der Waals surface area (Å²) in [6, 6.07) is 4.07. The van der Waals surface area contributed by atoms with Crippen molar-refractivity contribution in [1.29, 1.82) is 0 Å². The maximum atomic E-state index is 8.65. The van der Waals surface area contributed by atoms with Crippen LogP contribution >= 0.6 is 0 Å². The van der Waals surface area contributed by atoms with E-state index < -0.39 is 0 Å². The molecule has 0 saturated carbocycles. The van der Waals surface area contributed by atoms with Gasteiger partial charge in [-0.15, -0.1) is 0 Å². The van der Waals surface area contributed by atoms with Crippen LogP contribution in [0.1, 0.15) is 6.85 Å². The molecule has 0 aliphatic heterocycles. The first-order chi connectivity index (χ1) is 18.0. The molecule has 33 heavy (non-hydrogen) atoms. The van der Waals surface area contributed by atoms with Crippen molar-refractivity contribution in [3.05, 3.63) is 54.7 Å². The zero-order valence-electron chi connectivity index (χ0n) is 24.4. The molecule has 0 amide bonds. The van der Waals surface area contributed by atoms with Crippen molar-refractivity contribution in [3.8, 4) is 17.0 Å². The monoisotopic (exact) mass is 450 g/mol. The molecule has 172 valence electrons. The quantitative estimate of drug-likeness (QED) is 0.393. The fraction of sp³-hybridized carbons (Fsp3) is 0.280. The summed E-state index contributed by atoms with van der Waals surface area (Å²) < 4.78 is 48.6. The van der Waals surface area contributed by atoms with Crippen molar-refractivity contribution < 1.29 is 11.6 Å². The highest BCUT2D eigenvalue weighted by atomic mass is 16.5. The fourth-order valence-corrected chi connectivity index (χ4v) is 3.54. The van der Waals surface area contributed by atoms with Gasteiger partial charge in [0.2, 0.25) is 5.95 Å². The first-order valence-corrected chi connectivity index (χ1v) is 10.4. The van der Waals surface area contributed by atoms with Crippen LogP contribution in [0.2, 0.25) is 0 Å². The first-order valence-electron chi connectivity index (χ1n) is 12.9. The van der Waals surface area contributed by atoms with E-state index in [1.807, 2.05) is 27.2 Å². The highest BCUT2D eigenvalue weighted by Gasteiger charge is 2.15. The molecule has 0 fully saturated rings. The third kappa shape index (κ3) is 4.70. The Labute approximate surface area is 201 Å². The summed E-state index contributed by atoms with van der Waals surface area (Å²) in [5, 5.41) is 3.37. The molecule has 8 heteroatoms. The van der Waals surface area contributed by atoms with Crippen LogP contribution in [-0.4, -0.2) is 60.8 Å². The van der Waals surface area contributed by atoms with Crippen LogP contribution in [0.15, 0.2) is 54.7 Å².